The highest BCUT2D eigenvalue weighted by molar-refractivity contribution is 7.99. The van der Waals surface area contributed by atoms with Crippen LogP contribution in [-0.2, 0) is 23.1 Å². The second kappa shape index (κ2) is 9.36. The van der Waals surface area contributed by atoms with Gasteiger partial charge >= 0.3 is 0 Å². The third kappa shape index (κ3) is 4.65. The number of hydrogen-bond donors (Lipinski definition) is 1. The normalized spacial score (nSPS) is 16.0. The van der Waals surface area contributed by atoms with Crippen LogP contribution < -0.4 is 5.56 Å². The average molecular weight is 464 g/mol. The molecule has 0 saturated carbocycles. The fourth-order valence-corrected chi connectivity index (χ4v) is 5.04. The lowest BCUT2D eigenvalue weighted by Crippen LogP contribution is -2.38. The number of amides is 1. The van der Waals surface area contributed by atoms with E-state index in [1.807, 2.05) is 54.1 Å². The highest BCUT2D eigenvalue weighted by atomic mass is 32.2. The molecule has 0 unspecified atom stereocenters. The number of para-hydroxylation sites is 3. The van der Waals surface area contributed by atoms with Crippen LogP contribution in [0.2, 0.25) is 0 Å². The molecule has 3 heterocycles. The van der Waals surface area contributed by atoms with E-state index in [4.69, 9.17) is 4.74 Å². The van der Waals surface area contributed by atoms with E-state index in [9.17, 15) is 9.59 Å². The number of hydrogen-bond acceptors (Lipinski definition) is 6. The Balaban J connectivity index is 1.35. The highest BCUT2D eigenvalue weighted by Crippen LogP contribution is 2.23. The Kier molecular flexibility index (Phi) is 6.15. The van der Waals surface area contributed by atoms with E-state index in [2.05, 4.69) is 15.0 Å². The predicted octanol–water partition coefficient (Wildman–Crippen LogP) is 3.11. The van der Waals surface area contributed by atoms with Crippen LogP contribution in [0.25, 0.3) is 21.9 Å². The fraction of sp³-hybridized carbons (Fsp3) is 0.333. The first-order valence-corrected chi connectivity index (χ1v) is 12.0. The number of carbonyl (C=O) groups is 1. The first-order valence-electron chi connectivity index (χ1n) is 11.0. The number of thioether (sulfide) groups is 1. The van der Waals surface area contributed by atoms with Crippen LogP contribution in [-0.4, -0.2) is 55.3 Å². The lowest BCUT2D eigenvalue weighted by molar-refractivity contribution is -0.130. The first-order chi connectivity index (χ1) is 16.1. The number of rotatable bonds is 7. The molecule has 9 heteroatoms. The van der Waals surface area contributed by atoms with Crippen molar-refractivity contribution in [3.63, 3.8) is 0 Å². The van der Waals surface area contributed by atoms with E-state index in [0.29, 0.717) is 29.9 Å². The van der Waals surface area contributed by atoms with Gasteiger partial charge in [0.1, 0.15) is 5.82 Å². The minimum atomic E-state index is -0.200. The van der Waals surface area contributed by atoms with Crippen LogP contribution in [0, 0.1) is 0 Å². The van der Waals surface area contributed by atoms with Gasteiger partial charge in [-0.2, -0.15) is 0 Å². The van der Waals surface area contributed by atoms with Gasteiger partial charge in [-0.1, -0.05) is 36.0 Å². The molecule has 0 radical (unpaired) electrons. The zero-order valence-electron chi connectivity index (χ0n) is 18.4. The number of H-pyrrole nitrogens is 1. The van der Waals surface area contributed by atoms with Gasteiger partial charge in [-0.15, -0.1) is 0 Å². The molecule has 1 atom stereocenters. The molecule has 0 spiro atoms. The molecule has 1 fully saturated rings. The number of nitrogens with zero attached hydrogens (tertiary/aromatic N) is 4. The summed E-state index contributed by atoms with van der Waals surface area (Å²) in [6, 6.07) is 15.1. The van der Waals surface area contributed by atoms with Crippen LogP contribution >= 0.6 is 11.8 Å². The van der Waals surface area contributed by atoms with Crippen LogP contribution in [0.15, 0.2) is 58.5 Å². The number of aryl methyl sites for hydroxylation is 1. The van der Waals surface area contributed by atoms with E-state index in [-0.39, 0.29) is 29.9 Å². The number of nitrogens with one attached hydrogen (secondary N) is 1. The van der Waals surface area contributed by atoms with Crippen LogP contribution in [0.1, 0.15) is 18.7 Å². The van der Waals surface area contributed by atoms with Crippen molar-refractivity contribution in [2.24, 2.45) is 7.05 Å². The van der Waals surface area contributed by atoms with Gasteiger partial charge in [-0.3, -0.25) is 9.59 Å². The fourth-order valence-electron chi connectivity index (χ4n) is 4.15. The first kappa shape index (κ1) is 21.7. The second-order valence-corrected chi connectivity index (χ2v) is 9.11. The smallest absolute Gasteiger partial charge is 0.258 e. The molecule has 5 rings (SSSR count). The van der Waals surface area contributed by atoms with Gasteiger partial charge in [-0.05, 0) is 37.1 Å². The number of aromatic nitrogens is 4. The van der Waals surface area contributed by atoms with Crippen molar-refractivity contribution < 1.29 is 9.53 Å². The molecule has 1 saturated heterocycles. The van der Waals surface area contributed by atoms with Crippen LogP contribution in [0.4, 0.5) is 0 Å². The minimum Gasteiger partial charge on any atom is -0.376 e. The zero-order chi connectivity index (χ0) is 22.8. The molecule has 170 valence electrons. The summed E-state index contributed by atoms with van der Waals surface area (Å²) >= 11 is 1.41. The van der Waals surface area contributed by atoms with Gasteiger partial charge < -0.3 is 19.2 Å². The Morgan fingerprint density at radius 3 is 2.76 bits per heavy atom. The number of imidazole rings is 1. The molecule has 8 nitrogen and oxygen atoms in total. The quantitative estimate of drug-likeness (QED) is 0.424. The van der Waals surface area contributed by atoms with Crippen molar-refractivity contribution in [2.45, 2.75) is 30.6 Å². The minimum absolute atomic E-state index is 0.00174. The Hall–Kier alpha value is -3.17. The molecule has 1 amide bonds. The van der Waals surface area contributed by atoms with E-state index >= 15 is 0 Å². The molecule has 4 aromatic rings. The predicted molar refractivity (Wildman–Crippen MR) is 128 cm³/mol. The van der Waals surface area contributed by atoms with Gasteiger partial charge in [0.2, 0.25) is 5.91 Å². The Morgan fingerprint density at radius 1 is 1.18 bits per heavy atom. The maximum absolute atomic E-state index is 13.3. The maximum atomic E-state index is 13.3. The van der Waals surface area contributed by atoms with Crippen molar-refractivity contribution in [1.29, 1.82) is 0 Å². The summed E-state index contributed by atoms with van der Waals surface area (Å²) < 4.78 is 7.78. The summed E-state index contributed by atoms with van der Waals surface area (Å²) in [7, 11) is 1.95. The summed E-state index contributed by atoms with van der Waals surface area (Å²) in [5.74, 6) is 0.665. The molecule has 0 bridgehead atoms. The topological polar surface area (TPSA) is 93.1 Å². The Morgan fingerprint density at radius 2 is 1.97 bits per heavy atom. The number of fused-ring (bicyclic) bond motifs is 2. The largest absolute Gasteiger partial charge is 0.376 e. The molecule has 33 heavy (non-hydrogen) atoms. The number of carbonyl (C=O) groups excluding carboxylic acids is 1. The standard InChI is InChI=1S/C24H25N5O3S/c1-28-20-11-5-4-10-19(20)26-24(28)33-15-22(30)29(13-16-7-6-12-32-16)14-21-25-18-9-3-2-8-17(18)23(31)27-21/h2-5,8-11,16H,6-7,12-15H2,1H3,(H,25,27,31)/t16-/m1/s1. The number of benzene rings is 2. The number of ether oxygens (including phenoxy) is 1. The summed E-state index contributed by atoms with van der Waals surface area (Å²) in [5, 5.41) is 1.33. The van der Waals surface area contributed by atoms with Gasteiger partial charge in [-0.25, -0.2) is 9.97 Å². The van der Waals surface area contributed by atoms with Crippen molar-refractivity contribution in [3.05, 3.63) is 64.7 Å². The van der Waals surface area contributed by atoms with Crippen molar-refractivity contribution in [2.75, 3.05) is 18.9 Å². The second-order valence-electron chi connectivity index (χ2n) is 8.17. The van der Waals surface area contributed by atoms with Crippen LogP contribution in [0.3, 0.4) is 0 Å². The Labute approximate surface area is 195 Å². The van der Waals surface area contributed by atoms with Crippen molar-refractivity contribution >= 4 is 39.6 Å². The van der Waals surface area contributed by atoms with E-state index in [0.717, 1.165) is 29.0 Å². The average Bonchev–Trinajstić information content (AvgIpc) is 3.45. The SMILES string of the molecule is Cn1c(SCC(=O)N(Cc2nc3ccccc3c(=O)[nH]2)C[C@H]2CCCO2)nc2ccccc21. The number of aromatic amines is 1. The molecule has 2 aromatic carbocycles. The molecule has 0 aliphatic carbocycles. The van der Waals surface area contributed by atoms with Crippen LogP contribution in [0.5, 0.6) is 0 Å². The highest BCUT2D eigenvalue weighted by Gasteiger charge is 2.24. The summed E-state index contributed by atoms with van der Waals surface area (Å²) in [4.78, 5) is 39.6. The summed E-state index contributed by atoms with van der Waals surface area (Å²) in [6.45, 7) is 1.41. The third-order valence-electron chi connectivity index (χ3n) is 5.87. The zero-order valence-corrected chi connectivity index (χ0v) is 19.2. The van der Waals surface area contributed by atoms with Gasteiger partial charge in [0.15, 0.2) is 5.16 Å². The van der Waals surface area contributed by atoms with Crippen molar-refractivity contribution in [1.82, 2.24) is 24.4 Å². The van der Waals surface area contributed by atoms with E-state index < -0.39 is 0 Å². The lowest BCUT2D eigenvalue weighted by atomic mass is 10.2. The molecule has 1 aliphatic rings. The van der Waals surface area contributed by atoms with Gasteiger partial charge in [0.05, 0.1) is 40.3 Å². The molecular formula is C24H25N5O3S. The maximum Gasteiger partial charge on any atom is 0.258 e. The van der Waals surface area contributed by atoms with Gasteiger partial charge in [0, 0.05) is 20.2 Å². The molecule has 2 aromatic heterocycles. The molecular weight excluding hydrogens is 438 g/mol. The van der Waals surface area contributed by atoms with Crippen molar-refractivity contribution in [3.8, 4) is 0 Å². The van der Waals surface area contributed by atoms with Gasteiger partial charge in [0.25, 0.3) is 5.56 Å². The lowest BCUT2D eigenvalue weighted by Gasteiger charge is -2.25. The Bertz CT molecular complexity index is 1360. The molecule has 1 aliphatic heterocycles. The van der Waals surface area contributed by atoms with E-state index in [1.165, 1.54) is 11.8 Å². The summed E-state index contributed by atoms with van der Waals surface area (Å²) in [6.07, 6.45) is 1.91. The summed E-state index contributed by atoms with van der Waals surface area (Å²) in [5.41, 5.74) is 2.36. The van der Waals surface area contributed by atoms with E-state index in [1.54, 1.807) is 11.0 Å². The molecule has 1 N–H and O–H groups in total. The monoisotopic (exact) mass is 463 g/mol. The third-order valence-corrected chi connectivity index (χ3v) is 6.89.